The van der Waals surface area contributed by atoms with Gasteiger partial charge in [0.25, 0.3) is 5.91 Å². The van der Waals surface area contributed by atoms with Crippen molar-refractivity contribution in [3.8, 4) is 0 Å². The Hall–Kier alpha value is -1.10. The van der Waals surface area contributed by atoms with E-state index < -0.39 is 5.54 Å². The quantitative estimate of drug-likeness (QED) is 0.739. The fraction of sp³-hybridized carbons (Fsp3) is 0.846. The van der Waals surface area contributed by atoms with Gasteiger partial charge in [-0.15, -0.1) is 0 Å². The molecule has 5 nitrogen and oxygen atoms in total. The van der Waals surface area contributed by atoms with Gasteiger partial charge in [0.15, 0.2) is 5.96 Å². The third kappa shape index (κ3) is 2.83. The Morgan fingerprint density at radius 2 is 2.28 bits per heavy atom. The Labute approximate surface area is 108 Å². The number of carbonyl (C=O) groups is 1. The van der Waals surface area contributed by atoms with Crippen LogP contribution in [0.3, 0.4) is 0 Å². The minimum atomic E-state index is -0.406. The maximum Gasteiger partial charge on any atom is 0.252 e. The molecular weight excluding hydrogens is 230 g/mol. The largest absolute Gasteiger partial charge is 0.383 e. The van der Waals surface area contributed by atoms with E-state index in [1.54, 1.807) is 7.11 Å². The molecule has 2 atom stereocenters. The molecule has 5 heteroatoms. The molecule has 102 valence electrons. The predicted octanol–water partition coefficient (Wildman–Crippen LogP) is 1.05. The number of hydrogen-bond acceptors (Lipinski definition) is 3. The molecule has 0 aromatic heterocycles. The Morgan fingerprint density at radius 1 is 1.44 bits per heavy atom. The lowest BCUT2D eigenvalue weighted by molar-refractivity contribution is -0.124. The first-order chi connectivity index (χ1) is 8.66. The van der Waals surface area contributed by atoms with Crippen LogP contribution >= 0.6 is 0 Å². The van der Waals surface area contributed by atoms with Crippen LogP contribution in [0.15, 0.2) is 4.99 Å². The molecule has 1 aliphatic carbocycles. The van der Waals surface area contributed by atoms with Gasteiger partial charge in [0.05, 0.1) is 13.2 Å². The monoisotopic (exact) mass is 253 g/mol. The van der Waals surface area contributed by atoms with E-state index in [1.807, 2.05) is 0 Å². The Bertz CT molecular complexity index is 343. The first kappa shape index (κ1) is 13.3. The number of nitrogens with one attached hydrogen (secondary N) is 2. The highest BCUT2D eigenvalue weighted by Crippen LogP contribution is 2.32. The predicted molar refractivity (Wildman–Crippen MR) is 70.4 cm³/mol. The summed E-state index contributed by atoms with van der Waals surface area (Å²) in [6.07, 6.45) is 5.24. The Kier molecular flexibility index (Phi) is 4.22. The summed E-state index contributed by atoms with van der Waals surface area (Å²) >= 11 is 0. The van der Waals surface area contributed by atoms with Crippen LogP contribution in [0.5, 0.6) is 0 Å². The van der Waals surface area contributed by atoms with Crippen molar-refractivity contribution in [1.29, 1.82) is 0 Å². The lowest BCUT2D eigenvalue weighted by Gasteiger charge is -2.24. The van der Waals surface area contributed by atoms with E-state index in [0.29, 0.717) is 25.0 Å². The van der Waals surface area contributed by atoms with Crippen LogP contribution in [0.2, 0.25) is 0 Å². The van der Waals surface area contributed by atoms with Crippen molar-refractivity contribution in [1.82, 2.24) is 10.6 Å². The molecule has 1 saturated carbocycles. The highest BCUT2D eigenvalue weighted by Gasteiger charge is 2.45. The average Bonchev–Trinajstić information content (AvgIpc) is 2.52. The molecule has 0 radical (unpaired) electrons. The molecule has 1 spiro atoms. The number of rotatable bonds is 3. The van der Waals surface area contributed by atoms with Gasteiger partial charge < -0.3 is 10.1 Å². The van der Waals surface area contributed by atoms with Crippen molar-refractivity contribution >= 4 is 11.9 Å². The fourth-order valence-electron chi connectivity index (χ4n) is 2.74. The number of nitrogens with zero attached hydrogens (tertiary/aromatic N) is 1. The van der Waals surface area contributed by atoms with Gasteiger partial charge in [-0.2, -0.15) is 0 Å². The van der Waals surface area contributed by atoms with E-state index in [4.69, 9.17) is 4.74 Å². The van der Waals surface area contributed by atoms with Crippen LogP contribution in [0, 0.1) is 5.92 Å². The van der Waals surface area contributed by atoms with Crippen molar-refractivity contribution in [3.63, 3.8) is 0 Å². The molecule has 2 N–H and O–H groups in total. The molecule has 2 rings (SSSR count). The summed E-state index contributed by atoms with van der Waals surface area (Å²) in [6, 6.07) is 0. The molecule has 2 fully saturated rings. The second-order valence-corrected chi connectivity index (χ2v) is 5.42. The molecule has 1 aliphatic heterocycles. The summed E-state index contributed by atoms with van der Waals surface area (Å²) in [5, 5.41) is 6.17. The number of aliphatic imine (C=N–C) groups is 1. The third-order valence-corrected chi connectivity index (χ3v) is 3.95. The zero-order valence-corrected chi connectivity index (χ0v) is 11.3. The van der Waals surface area contributed by atoms with Gasteiger partial charge in [0.1, 0.15) is 5.54 Å². The minimum absolute atomic E-state index is 0.0905. The minimum Gasteiger partial charge on any atom is -0.383 e. The highest BCUT2D eigenvalue weighted by atomic mass is 16.5. The smallest absolute Gasteiger partial charge is 0.252 e. The average molecular weight is 253 g/mol. The summed E-state index contributed by atoms with van der Waals surface area (Å²) in [5.41, 5.74) is -0.406. The fourth-order valence-corrected chi connectivity index (χ4v) is 2.74. The zero-order chi connectivity index (χ0) is 13.0. The number of carbonyl (C=O) groups excluding carboxylic acids is 1. The zero-order valence-electron chi connectivity index (χ0n) is 11.3. The van der Waals surface area contributed by atoms with Gasteiger partial charge >= 0.3 is 0 Å². The highest BCUT2D eigenvalue weighted by molar-refractivity contribution is 6.09. The third-order valence-electron chi connectivity index (χ3n) is 3.95. The van der Waals surface area contributed by atoms with E-state index >= 15 is 0 Å². The summed E-state index contributed by atoms with van der Waals surface area (Å²) in [7, 11) is 1.65. The van der Waals surface area contributed by atoms with Crippen LogP contribution in [0.4, 0.5) is 0 Å². The molecule has 0 aromatic rings. The number of hydrogen-bond donors (Lipinski definition) is 2. The molecular formula is C13H23N3O2. The van der Waals surface area contributed by atoms with Crippen molar-refractivity contribution in [2.75, 3.05) is 20.3 Å². The maximum absolute atomic E-state index is 12.2. The van der Waals surface area contributed by atoms with E-state index in [1.165, 1.54) is 6.42 Å². The van der Waals surface area contributed by atoms with Gasteiger partial charge in [-0.1, -0.05) is 19.8 Å². The van der Waals surface area contributed by atoms with Crippen LogP contribution in [0.25, 0.3) is 0 Å². The number of guanidine groups is 1. The second-order valence-electron chi connectivity index (χ2n) is 5.42. The Morgan fingerprint density at radius 3 is 3.06 bits per heavy atom. The Balaban J connectivity index is 2.01. The number of methoxy groups -OCH3 is 1. The molecule has 2 unspecified atom stereocenters. The van der Waals surface area contributed by atoms with Crippen molar-refractivity contribution in [2.45, 2.75) is 44.6 Å². The summed E-state index contributed by atoms with van der Waals surface area (Å²) in [5.74, 6) is 1.42. The van der Waals surface area contributed by atoms with Crippen molar-refractivity contribution < 1.29 is 9.53 Å². The van der Waals surface area contributed by atoms with Crippen LogP contribution < -0.4 is 10.6 Å². The molecule has 2 aliphatic rings. The maximum atomic E-state index is 12.2. The van der Waals surface area contributed by atoms with Gasteiger partial charge in [-0.25, -0.2) is 0 Å². The van der Waals surface area contributed by atoms with E-state index in [-0.39, 0.29) is 5.91 Å². The second kappa shape index (κ2) is 5.69. The lowest BCUT2D eigenvalue weighted by Crippen LogP contribution is -2.46. The number of amides is 1. The summed E-state index contributed by atoms with van der Waals surface area (Å²) in [6.45, 7) is 3.41. The van der Waals surface area contributed by atoms with Gasteiger partial charge in [0, 0.05) is 7.11 Å². The normalized spacial score (nSPS) is 34.4. The lowest BCUT2D eigenvalue weighted by atomic mass is 9.90. The molecule has 1 amide bonds. The summed E-state index contributed by atoms with van der Waals surface area (Å²) in [4.78, 5) is 16.5. The van der Waals surface area contributed by atoms with E-state index in [0.717, 1.165) is 25.7 Å². The first-order valence-corrected chi connectivity index (χ1v) is 6.79. The molecule has 0 bridgehead atoms. The van der Waals surface area contributed by atoms with Gasteiger partial charge in [-0.3, -0.25) is 15.1 Å². The van der Waals surface area contributed by atoms with Crippen LogP contribution in [-0.4, -0.2) is 37.7 Å². The molecule has 1 heterocycles. The molecule has 18 heavy (non-hydrogen) atoms. The van der Waals surface area contributed by atoms with Crippen molar-refractivity contribution in [3.05, 3.63) is 0 Å². The van der Waals surface area contributed by atoms with E-state index in [9.17, 15) is 4.79 Å². The number of ether oxygens (including phenoxy) is 1. The molecule has 0 aromatic carbocycles. The molecule has 1 saturated heterocycles. The first-order valence-electron chi connectivity index (χ1n) is 6.79. The van der Waals surface area contributed by atoms with Gasteiger partial charge in [-0.05, 0) is 25.2 Å². The van der Waals surface area contributed by atoms with Crippen LogP contribution in [-0.2, 0) is 9.53 Å². The van der Waals surface area contributed by atoms with E-state index in [2.05, 4.69) is 22.5 Å². The summed E-state index contributed by atoms with van der Waals surface area (Å²) < 4.78 is 4.95. The van der Waals surface area contributed by atoms with Gasteiger partial charge in [0.2, 0.25) is 0 Å². The van der Waals surface area contributed by atoms with Crippen molar-refractivity contribution in [2.24, 2.45) is 10.9 Å². The topological polar surface area (TPSA) is 62.7 Å². The standard InChI is InChI=1S/C13H23N3O2/c1-10-4-3-6-13(7-5-10)11(17)15-12(16-13)14-8-9-18-2/h10H,3-9H2,1-2H3,(H2,14,15,16,17). The van der Waals surface area contributed by atoms with Crippen LogP contribution in [0.1, 0.15) is 39.0 Å². The SMILES string of the molecule is COCCN=C1NC(=O)C2(CCCC(C)CC2)N1.